The molecule has 1 aromatic carbocycles. The molecule has 2 aromatic rings. The molecule has 3 nitrogen and oxygen atoms in total. The molecule has 19 heavy (non-hydrogen) atoms. The van der Waals surface area contributed by atoms with E-state index in [4.69, 9.17) is 16.9 Å². The van der Waals surface area contributed by atoms with Crippen LogP contribution in [0.3, 0.4) is 0 Å². The van der Waals surface area contributed by atoms with Crippen molar-refractivity contribution in [1.82, 2.24) is 9.88 Å². The van der Waals surface area contributed by atoms with Crippen LogP contribution in [0.1, 0.15) is 26.3 Å². The summed E-state index contributed by atoms with van der Waals surface area (Å²) < 4.78 is 1.95. The summed E-state index contributed by atoms with van der Waals surface area (Å²) in [6.07, 6.45) is 2.03. The second-order valence-corrected chi connectivity index (χ2v) is 6.14. The van der Waals surface area contributed by atoms with Gasteiger partial charge in [0.15, 0.2) is 0 Å². The fourth-order valence-electron chi connectivity index (χ4n) is 2.05. The lowest BCUT2D eigenvalue weighted by molar-refractivity contribution is 0.425. The van der Waals surface area contributed by atoms with Crippen LogP contribution in [-0.4, -0.2) is 10.1 Å². The van der Waals surface area contributed by atoms with E-state index >= 15 is 0 Å². The van der Waals surface area contributed by atoms with Gasteiger partial charge in [-0.2, -0.15) is 5.26 Å². The van der Waals surface area contributed by atoms with Gasteiger partial charge >= 0.3 is 0 Å². The SMILES string of the molecule is CC(C)(C)NCc1cn(CC#N)c2cc(Cl)ccc12. The van der Waals surface area contributed by atoms with Gasteiger partial charge in [0.05, 0.1) is 11.6 Å². The lowest BCUT2D eigenvalue weighted by Crippen LogP contribution is -2.34. The number of benzene rings is 1. The van der Waals surface area contributed by atoms with Gasteiger partial charge in [0.1, 0.15) is 6.54 Å². The van der Waals surface area contributed by atoms with E-state index in [2.05, 4.69) is 32.2 Å². The number of nitriles is 1. The fraction of sp³-hybridized carbons (Fsp3) is 0.400. The number of hydrogen-bond donors (Lipinski definition) is 1. The average Bonchev–Trinajstić information content (AvgIpc) is 2.64. The van der Waals surface area contributed by atoms with Crippen LogP contribution in [0.5, 0.6) is 0 Å². The number of fused-ring (bicyclic) bond motifs is 1. The number of rotatable bonds is 3. The number of hydrogen-bond acceptors (Lipinski definition) is 2. The molecule has 0 saturated carbocycles. The largest absolute Gasteiger partial charge is 0.333 e. The Bertz CT molecular complexity index is 629. The first-order chi connectivity index (χ1) is 8.90. The Hall–Kier alpha value is -1.50. The minimum absolute atomic E-state index is 0.0656. The Morgan fingerprint density at radius 1 is 1.37 bits per heavy atom. The molecule has 1 heterocycles. The third-order valence-corrected chi connectivity index (χ3v) is 3.21. The smallest absolute Gasteiger partial charge is 0.110 e. The van der Waals surface area contributed by atoms with E-state index in [0.717, 1.165) is 17.4 Å². The summed E-state index contributed by atoms with van der Waals surface area (Å²) in [4.78, 5) is 0. The second kappa shape index (κ2) is 5.24. The number of nitrogens with one attached hydrogen (secondary N) is 1. The van der Waals surface area contributed by atoms with Crippen LogP contribution in [0.4, 0.5) is 0 Å². The Morgan fingerprint density at radius 2 is 2.11 bits per heavy atom. The molecular formula is C15H18ClN3. The quantitative estimate of drug-likeness (QED) is 0.928. The van der Waals surface area contributed by atoms with Crippen molar-refractivity contribution in [3.63, 3.8) is 0 Å². The van der Waals surface area contributed by atoms with E-state index < -0.39 is 0 Å². The van der Waals surface area contributed by atoms with Crippen molar-refractivity contribution >= 4 is 22.5 Å². The molecule has 0 fully saturated rings. The summed E-state index contributed by atoms with van der Waals surface area (Å²) in [7, 11) is 0. The van der Waals surface area contributed by atoms with Gasteiger partial charge in [0, 0.05) is 28.7 Å². The Balaban J connectivity index is 2.42. The summed E-state index contributed by atoms with van der Waals surface area (Å²) in [6, 6.07) is 8.00. The first-order valence-corrected chi connectivity index (χ1v) is 6.68. The molecule has 100 valence electrons. The molecule has 1 aromatic heterocycles. The average molecular weight is 276 g/mol. The van der Waals surface area contributed by atoms with Crippen LogP contribution in [-0.2, 0) is 13.1 Å². The molecule has 0 saturated heterocycles. The zero-order valence-corrected chi connectivity index (χ0v) is 12.3. The molecule has 0 atom stereocenters. The van der Waals surface area contributed by atoms with E-state index in [-0.39, 0.29) is 5.54 Å². The van der Waals surface area contributed by atoms with Crippen molar-refractivity contribution in [3.8, 4) is 6.07 Å². The molecule has 2 rings (SSSR count). The van der Waals surface area contributed by atoms with Gasteiger partial charge in [-0.05, 0) is 38.5 Å². The van der Waals surface area contributed by atoms with Crippen LogP contribution in [0.25, 0.3) is 10.9 Å². The molecule has 0 radical (unpaired) electrons. The van der Waals surface area contributed by atoms with Crippen molar-refractivity contribution in [2.75, 3.05) is 0 Å². The van der Waals surface area contributed by atoms with E-state index in [9.17, 15) is 0 Å². The van der Waals surface area contributed by atoms with Crippen molar-refractivity contribution in [2.45, 2.75) is 39.4 Å². The molecule has 0 spiro atoms. The third kappa shape index (κ3) is 3.28. The van der Waals surface area contributed by atoms with Crippen LogP contribution in [0, 0.1) is 11.3 Å². The summed E-state index contributed by atoms with van der Waals surface area (Å²) in [6.45, 7) is 7.53. The third-order valence-electron chi connectivity index (χ3n) is 2.98. The number of aromatic nitrogens is 1. The Kier molecular flexibility index (Phi) is 3.84. The van der Waals surface area contributed by atoms with E-state index in [0.29, 0.717) is 11.6 Å². The molecule has 0 bridgehead atoms. The predicted molar refractivity (Wildman–Crippen MR) is 79.2 cm³/mol. The van der Waals surface area contributed by atoms with Crippen molar-refractivity contribution in [1.29, 1.82) is 5.26 Å². The minimum Gasteiger partial charge on any atom is -0.333 e. The fourth-order valence-corrected chi connectivity index (χ4v) is 2.22. The summed E-state index contributed by atoms with van der Waals surface area (Å²) in [5.74, 6) is 0. The maximum Gasteiger partial charge on any atom is 0.110 e. The van der Waals surface area contributed by atoms with Gasteiger partial charge in [-0.15, -0.1) is 0 Å². The zero-order valence-electron chi connectivity index (χ0n) is 11.5. The van der Waals surface area contributed by atoms with Crippen molar-refractivity contribution in [3.05, 3.63) is 35.0 Å². The van der Waals surface area contributed by atoms with Gasteiger partial charge < -0.3 is 9.88 Å². The highest BCUT2D eigenvalue weighted by molar-refractivity contribution is 6.31. The molecule has 0 amide bonds. The predicted octanol–water partition coefficient (Wildman–Crippen LogP) is 3.71. The van der Waals surface area contributed by atoms with Crippen molar-refractivity contribution in [2.24, 2.45) is 0 Å². The standard InChI is InChI=1S/C15H18ClN3/c1-15(2,3)18-9-11-10-19(7-6-17)14-8-12(16)4-5-13(11)14/h4-5,8,10,18H,7,9H2,1-3H3. The molecule has 4 heteroatoms. The van der Waals surface area contributed by atoms with Crippen LogP contribution in [0.2, 0.25) is 5.02 Å². The summed E-state index contributed by atoms with van der Waals surface area (Å²) in [5, 5.41) is 14.2. The Labute approximate surface area is 118 Å². The van der Waals surface area contributed by atoms with Gasteiger partial charge in [0.2, 0.25) is 0 Å². The molecular weight excluding hydrogens is 258 g/mol. The van der Waals surface area contributed by atoms with E-state index in [1.807, 2.05) is 29.0 Å². The zero-order chi connectivity index (χ0) is 14.0. The Morgan fingerprint density at radius 3 is 2.74 bits per heavy atom. The van der Waals surface area contributed by atoms with Gasteiger partial charge in [-0.1, -0.05) is 17.7 Å². The number of nitrogens with zero attached hydrogens (tertiary/aromatic N) is 2. The molecule has 0 aliphatic rings. The first kappa shape index (κ1) is 13.9. The van der Waals surface area contributed by atoms with Gasteiger partial charge in [-0.25, -0.2) is 0 Å². The summed E-state index contributed by atoms with van der Waals surface area (Å²) in [5.41, 5.74) is 2.27. The normalized spacial score (nSPS) is 11.7. The minimum atomic E-state index is 0.0656. The molecule has 0 aliphatic carbocycles. The monoisotopic (exact) mass is 275 g/mol. The van der Waals surface area contributed by atoms with Crippen molar-refractivity contribution < 1.29 is 0 Å². The number of halogens is 1. The highest BCUT2D eigenvalue weighted by Crippen LogP contribution is 2.25. The maximum atomic E-state index is 8.90. The highest BCUT2D eigenvalue weighted by atomic mass is 35.5. The lowest BCUT2D eigenvalue weighted by Gasteiger charge is -2.20. The highest BCUT2D eigenvalue weighted by Gasteiger charge is 2.13. The van der Waals surface area contributed by atoms with Gasteiger partial charge in [0.25, 0.3) is 0 Å². The lowest BCUT2D eigenvalue weighted by atomic mass is 10.1. The molecule has 1 N–H and O–H groups in total. The summed E-state index contributed by atoms with van der Waals surface area (Å²) >= 11 is 6.04. The first-order valence-electron chi connectivity index (χ1n) is 6.30. The van der Waals surface area contributed by atoms with Crippen LogP contribution < -0.4 is 5.32 Å². The maximum absolute atomic E-state index is 8.90. The molecule has 0 aliphatic heterocycles. The molecule has 0 unspecified atom stereocenters. The van der Waals surface area contributed by atoms with Crippen LogP contribution >= 0.6 is 11.6 Å². The second-order valence-electron chi connectivity index (χ2n) is 5.71. The van der Waals surface area contributed by atoms with Gasteiger partial charge in [-0.3, -0.25) is 0 Å². The van der Waals surface area contributed by atoms with Crippen LogP contribution in [0.15, 0.2) is 24.4 Å². The van der Waals surface area contributed by atoms with E-state index in [1.54, 1.807) is 0 Å². The topological polar surface area (TPSA) is 40.8 Å². The van der Waals surface area contributed by atoms with E-state index in [1.165, 1.54) is 5.56 Å².